The number of primary sulfonamides is 1. The van der Waals surface area contributed by atoms with Crippen LogP contribution in [-0.4, -0.2) is 13.5 Å². The van der Waals surface area contributed by atoms with Gasteiger partial charge in [0.15, 0.2) is 0 Å². The van der Waals surface area contributed by atoms with Gasteiger partial charge in [-0.25, -0.2) is 13.6 Å². The fraction of sp³-hybridized carbons (Fsp3) is 0.250. The minimum Gasteiger partial charge on any atom is -0.372 e. The van der Waals surface area contributed by atoms with Gasteiger partial charge in [-0.05, 0) is 37.5 Å². The summed E-state index contributed by atoms with van der Waals surface area (Å²) < 4.78 is 21.4. The second kappa shape index (κ2) is 6.18. The zero-order valence-electron chi connectivity index (χ0n) is 12.4. The van der Waals surface area contributed by atoms with E-state index in [0.717, 1.165) is 17.5 Å². The Morgan fingerprint density at radius 1 is 1.09 bits per heavy atom. The van der Waals surface area contributed by atoms with E-state index in [2.05, 4.69) is 0 Å². The Balaban J connectivity index is 0.000000160. The van der Waals surface area contributed by atoms with Crippen molar-refractivity contribution in [2.75, 3.05) is 0 Å². The van der Waals surface area contributed by atoms with Crippen molar-refractivity contribution in [3.8, 4) is 0 Å². The monoisotopic (exact) mass is 320 g/mol. The highest BCUT2D eigenvalue weighted by Crippen LogP contribution is 2.31. The average Bonchev–Trinajstić information content (AvgIpc) is 2.76. The second-order valence-electron chi connectivity index (χ2n) is 5.44. The van der Waals surface area contributed by atoms with Crippen molar-refractivity contribution in [2.24, 2.45) is 10.9 Å². The molecule has 3 rings (SSSR count). The van der Waals surface area contributed by atoms with Crippen LogP contribution in [0.2, 0.25) is 0 Å². The molecule has 118 valence electrons. The molecule has 0 aliphatic heterocycles. The van der Waals surface area contributed by atoms with Crippen LogP contribution in [0.15, 0.2) is 53.4 Å². The lowest BCUT2D eigenvalue weighted by atomic mass is 10.1. The Kier molecular flexibility index (Phi) is 4.67. The third kappa shape index (κ3) is 3.92. The zero-order chi connectivity index (χ0) is 16.4. The molecule has 0 fully saturated rings. The molecule has 0 bridgehead atoms. The first-order valence-corrected chi connectivity index (χ1v) is 8.44. The van der Waals surface area contributed by atoms with E-state index in [0.29, 0.717) is 6.42 Å². The van der Waals surface area contributed by atoms with Crippen molar-refractivity contribution in [3.63, 3.8) is 0 Å². The zero-order valence-corrected chi connectivity index (χ0v) is 13.2. The molecule has 1 aliphatic carbocycles. The number of rotatable bonds is 1. The highest BCUT2D eigenvalue weighted by Gasteiger charge is 2.31. The quantitative estimate of drug-likeness (QED) is 0.690. The van der Waals surface area contributed by atoms with E-state index in [-0.39, 0.29) is 4.90 Å². The number of nitrogens with two attached hydrogens (primary N) is 2. The average molecular weight is 320 g/mol. The number of sulfonamides is 1. The van der Waals surface area contributed by atoms with Gasteiger partial charge in [0, 0.05) is 5.56 Å². The van der Waals surface area contributed by atoms with Crippen LogP contribution < -0.4 is 10.9 Å². The van der Waals surface area contributed by atoms with Gasteiger partial charge in [-0.3, -0.25) is 5.73 Å². The predicted octanol–water partition coefficient (Wildman–Crippen LogP) is 1.38. The maximum absolute atomic E-state index is 10.7. The molecule has 5 nitrogen and oxygen atoms in total. The number of benzene rings is 2. The van der Waals surface area contributed by atoms with Gasteiger partial charge < -0.3 is 5.11 Å². The molecule has 0 amide bonds. The molecule has 1 unspecified atom stereocenters. The van der Waals surface area contributed by atoms with Gasteiger partial charge >= 0.3 is 0 Å². The summed E-state index contributed by atoms with van der Waals surface area (Å²) in [7, 11) is -3.52. The minimum absolute atomic E-state index is 0.156. The first-order chi connectivity index (χ1) is 10.2. The Morgan fingerprint density at radius 2 is 1.68 bits per heavy atom. The smallest absolute Gasteiger partial charge is 0.238 e. The lowest BCUT2D eigenvalue weighted by Gasteiger charge is -2.16. The lowest BCUT2D eigenvalue weighted by molar-refractivity contribution is 0.0458. The van der Waals surface area contributed by atoms with Crippen LogP contribution in [-0.2, 0) is 22.2 Å². The summed E-state index contributed by atoms with van der Waals surface area (Å²) in [6.07, 6.45) is 1.54. The first-order valence-electron chi connectivity index (χ1n) is 6.89. The van der Waals surface area contributed by atoms with Crippen LogP contribution in [0.25, 0.3) is 0 Å². The summed E-state index contributed by atoms with van der Waals surface area (Å²) in [4.78, 5) is 0.156. The molecule has 0 saturated carbocycles. The van der Waals surface area contributed by atoms with E-state index in [1.54, 1.807) is 12.1 Å². The molecule has 6 heteroatoms. The first kappa shape index (κ1) is 16.6. The highest BCUT2D eigenvalue weighted by molar-refractivity contribution is 7.89. The van der Waals surface area contributed by atoms with Crippen molar-refractivity contribution in [3.05, 3.63) is 65.2 Å². The SMILES string of the molecule is Cc1ccc(S(N)(=O)=O)cc1.NC1(O)CCc2ccccc21. The van der Waals surface area contributed by atoms with Crippen LogP contribution in [0.3, 0.4) is 0 Å². The Bertz CT molecular complexity index is 753. The summed E-state index contributed by atoms with van der Waals surface area (Å²) in [6.45, 7) is 1.88. The topological polar surface area (TPSA) is 106 Å². The van der Waals surface area contributed by atoms with E-state index >= 15 is 0 Å². The van der Waals surface area contributed by atoms with Crippen LogP contribution in [0.1, 0.15) is 23.1 Å². The third-order valence-electron chi connectivity index (χ3n) is 3.61. The Hall–Kier alpha value is -1.73. The van der Waals surface area contributed by atoms with E-state index in [4.69, 9.17) is 10.9 Å². The van der Waals surface area contributed by atoms with Crippen molar-refractivity contribution in [2.45, 2.75) is 30.4 Å². The molecule has 1 atom stereocenters. The van der Waals surface area contributed by atoms with Crippen LogP contribution in [0.4, 0.5) is 0 Å². The van der Waals surface area contributed by atoms with Crippen molar-refractivity contribution in [1.82, 2.24) is 0 Å². The predicted molar refractivity (Wildman–Crippen MR) is 85.4 cm³/mol. The number of hydrogen-bond donors (Lipinski definition) is 3. The summed E-state index contributed by atoms with van der Waals surface area (Å²) >= 11 is 0. The van der Waals surface area contributed by atoms with Crippen LogP contribution in [0, 0.1) is 6.92 Å². The lowest BCUT2D eigenvalue weighted by Crippen LogP contribution is -2.33. The summed E-state index contributed by atoms with van der Waals surface area (Å²) in [5, 5.41) is 14.5. The largest absolute Gasteiger partial charge is 0.372 e. The molecule has 0 heterocycles. The number of hydrogen-bond acceptors (Lipinski definition) is 4. The van der Waals surface area contributed by atoms with Gasteiger partial charge in [0.25, 0.3) is 0 Å². The van der Waals surface area contributed by atoms with E-state index in [1.165, 1.54) is 17.7 Å². The second-order valence-corrected chi connectivity index (χ2v) is 7.00. The van der Waals surface area contributed by atoms with Crippen LogP contribution in [0.5, 0.6) is 0 Å². The fourth-order valence-corrected chi connectivity index (χ4v) is 2.86. The number of aliphatic hydroxyl groups is 1. The minimum atomic E-state index is -3.52. The molecule has 22 heavy (non-hydrogen) atoms. The molecule has 0 radical (unpaired) electrons. The maximum atomic E-state index is 10.7. The van der Waals surface area contributed by atoms with E-state index in [9.17, 15) is 13.5 Å². The summed E-state index contributed by atoms with van der Waals surface area (Å²) in [6, 6.07) is 14.2. The van der Waals surface area contributed by atoms with Gasteiger partial charge in [0.05, 0.1) is 4.90 Å². The maximum Gasteiger partial charge on any atom is 0.238 e. The summed E-state index contributed by atoms with van der Waals surface area (Å²) in [5.41, 5.74) is 7.65. The van der Waals surface area contributed by atoms with Gasteiger partial charge in [-0.15, -0.1) is 0 Å². The molecular formula is C16H20N2O3S. The van der Waals surface area contributed by atoms with Crippen LogP contribution >= 0.6 is 0 Å². The third-order valence-corrected chi connectivity index (χ3v) is 4.54. The number of aryl methyl sites for hydroxylation is 2. The van der Waals surface area contributed by atoms with Crippen molar-refractivity contribution < 1.29 is 13.5 Å². The van der Waals surface area contributed by atoms with E-state index in [1.807, 2.05) is 31.2 Å². The van der Waals surface area contributed by atoms with E-state index < -0.39 is 15.7 Å². The van der Waals surface area contributed by atoms with Gasteiger partial charge in [-0.2, -0.15) is 0 Å². The molecule has 2 aromatic rings. The normalized spacial score (nSPS) is 20.0. The molecular weight excluding hydrogens is 300 g/mol. The number of fused-ring (bicyclic) bond motifs is 1. The fourth-order valence-electron chi connectivity index (χ4n) is 2.35. The molecule has 0 saturated heterocycles. The van der Waals surface area contributed by atoms with Gasteiger partial charge in [-0.1, -0.05) is 42.0 Å². The molecule has 5 N–H and O–H groups in total. The highest BCUT2D eigenvalue weighted by atomic mass is 32.2. The van der Waals surface area contributed by atoms with Crippen molar-refractivity contribution >= 4 is 10.0 Å². The Labute approximate surface area is 130 Å². The summed E-state index contributed by atoms with van der Waals surface area (Å²) in [5.74, 6) is 0. The van der Waals surface area contributed by atoms with Gasteiger partial charge in [0.1, 0.15) is 5.72 Å². The molecule has 2 aromatic carbocycles. The molecule has 0 spiro atoms. The van der Waals surface area contributed by atoms with Gasteiger partial charge in [0.2, 0.25) is 10.0 Å². The Morgan fingerprint density at radius 3 is 2.23 bits per heavy atom. The molecule has 1 aliphatic rings. The van der Waals surface area contributed by atoms with Crippen molar-refractivity contribution in [1.29, 1.82) is 0 Å². The molecule has 0 aromatic heterocycles. The standard InChI is InChI=1S/C9H11NO.C7H9NO2S/c10-9(11)6-5-7-3-1-2-4-8(7)9;1-6-2-4-7(5-3-6)11(8,9)10/h1-4,11H,5-6,10H2;2-5H,1H3,(H2,8,9,10).